The Labute approximate surface area is 148 Å². The molecule has 0 spiro atoms. The first kappa shape index (κ1) is 17.2. The van der Waals surface area contributed by atoms with E-state index in [9.17, 15) is 0 Å². The summed E-state index contributed by atoms with van der Waals surface area (Å²) in [6, 6.07) is 7.24. The molecule has 0 atom stereocenters. The SMILES string of the molecule is COc1ccc(Br)cc1C[NH+]1CCC([NH+]2CC[NH+](C)CC2)CC1. The lowest BCUT2D eigenvalue weighted by atomic mass is 10.0. The number of piperidine rings is 1. The minimum atomic E-state index is 0.899. The van der Waals surface area contributed by atoms with Gasteiger partial charge in [-0.3, -0.25) is 0 Å². The molecule has 2 aliphatic rings. The van der Waals surface area contributed by atoms with Crippen molar-refractivity contribution >= 4 is 15.9 Å². The third kappa shape index (κ3) is 4.47. The Hall–Kier alpha value is -0.620. The van der Waals surface area contributed by atoms with E-state index in [1.54, 1.807) is 16.9 Å². The highest BCUT2D eigenvalue weighted by Gasteiger charge is 2.32. The molecule has 0 bridgehead atoms. The molecule has 4 nitrogen and oxygen atoms in total. The third-order valence-corrected chi connectivity index (χ3v) is 6.19. The highest BCUT2D eigenvalue weighted by atomic mass is 79.9. The second-order valence-electron chi connectivity index (χ2n) is 7.27. The molecule has 2 heterocycles. The fourth-order valence-corrected chi connectivity index (χ4v) is 4.58. The van der Waals surface area contributed by atoms with E-state index in [1.165, 1.54) is 57.7 Å². The van der Waals surface area contributed by atoms with E-state index in [-0.39, 0.29) is 0 Å². The number of hydrogen-bond donors (Lipinski definition) is 3. The first-order valence-electron chi connectivity index (χ1n) is 8.97. The summed E-state index contributed by atoms with van der Waals surface area (Å²) in [5.41, 5.74) is 1.32. The molecule has 2 aliphatic heterocycles. The van der Waals surface area contributed by atoms with Crippen molar-refractivity contribution in [1.82, 2.24) is 0 Å². The van der Waals surface area contributed by atoms with Gasteiger partial charge in [-0.15, -0.1) is 0 Å². The van der Waals surface area contributed by atoms with Crippen molar-refractivity contribution in [2.24, 2.45) is 0 Å². The molecule has 2 saturated heterocycles. The monoisotopic (exact) mass is 384 g/mol. The van der Waals surface area contributed by atoms with Crippen molar-refractivity contribution in [3.8, 4) is 5.75 Å². The number of rotatable bonds is 4. The van der Waals surface area contributed by atoms with Crippen molar-refractivity contribution in [3.05, 3.63) is 28.2 Å². The number of hydrogen-bond acceptors (Lipinski definition) is 1. The van der Waals surface area contributed by atoms with Gasteiger partial charge in [0.1, 0.15) is 38.5 Å². The van der Waals surface area contributed by atoms with Crippen LogP contribution < -0.4 is 19.4 Å². The van der Waals surface area contributed by atoms with Gasteiger partial charge in [0.15, 0.2) is 0 Å². The molecule has 0 saturated carbocycles. The van der Waals surface area contributed by atoms with Gasteiger partial charge in [0, 0.05) is 22.9 Å². The molecule has 0 radical (unpaired) electrons. The molecule has 3 N–H and O–H groups in total. The average Bonchev–Trinajstić information content (AvgIpc) is 2.57. The summed E-state index contributed by atoms with van der Waals surface area (Å²) >= 11 is 3.59. The zero-order chi connectivity index (χ0) is 16.2. The van der Waals surface area contributed by atoms with Gasteiger partial charge >= 0.3 is 0 Å². The van der Waals surface area contributed by atoms with Gasteiger partial charge in [-0.05, 0) is 18.2 Å². The maximum Gasteiger partial charge on any atom is 0.127 e. The predicted molar refractivity (Wildman–Crippen MR) is 95.4 cm³/mol. The van der Waals surface area contributed by atoms with E-state index < -0.39 is 0 Å². The van der Waals surface area contributed by atoms with Gasteiger partial charge in [0.2, 0.25) is 0 Å². The Morgan fingerprint density at radius 2 is 1.78 bits per heavy atom. The van der Waals surface area contributed by atoms with E-state index in [4.69, 9.17) is 4.74 Å². The number of likely N-dealkylation sites (N-methyl/N-ethyl adjacent to an activating group) is 1. The zero-order valence-electron chi connectivity index (χ0n) is 14.5. The normalized spacial score (nSPS) is 31.8. The number of benzene rings is 1. The topological polar surface area (TPSA) is 22.6 Å². The molecule has 2 fully saturated rings. The predicted octanol–water partition coefficient (Wildman–Crippen LogP) is -1.58. The fourth-order valence-electron chi connectivity index (χ4n) is 4.17. The van der Waals surface area contributed by atoms with Crippen LogP contribution in [0.1, 0.15) is 18.4 Å². The van der Waals surface area contributed by atoms with E-state index in [1.807, 2.05) is 4.90 Å². The van der Waals surface area contributed by atoms with Gasteiger partial charge in [-0.1, -0.05) is 15.9 Å². The molecule has 0 aliphatic carbocycles. The van der Waals surface area contributed by atoms with E-state index >= 15 is 0 Å². The molecule has 1 aromatic rings. The van der Waals surface area contributed by atoms with Crippen LogP contribution in [0.25, 0.3) is 0 Å². The van der Waals surface area contributed by atoms with Crippen LogP contribution in [-0.2, 0) is 6.54 Å². The van der Waals surface area contributed by atoms with Gasteiger partial charge in [0.25, 0.3) is 0 Å². The largest absolute Gasteiger partial charge is 0.496 e. The summed E-state index contributed by atoms with van der Waals surface area (Å²) in [6.07, 6.45) is 2.75. The highest BCUT2D eigenvalue weighted by molar-refractivity contribution is 9.10. The van der Waals surface area contributed by atoms with Crippen LogP contribution in [0.15, 0.2) is 22.7 Å². The summed E-state index contributed by atoms with van der Waals surface area (Å²) < 4.78 is 6.67. The lowest BCUT2D eigenvalue weighted by molar-refractivity contribution is -1.02. The number of methoxy groups -OCH3 is 1. The summed E-state index contributed by atoms with van der Waals surface area (Å²) in [6.45, 7) is 9.10. The second-order valence-corrected chi connectivity index (χ2v) is 8.19. The Morgan fingerprint density at radius 3 is 2.43 bits per heavy atom. The van der Waals surface area contributed by atoms with Crippen molar-refractivity contribution in [1.29, 1.82) is 0 Å². The van der Waals surface area contributed by atoms with Crippen molar-refractivity contribution in [2.75, 3.05) is 53.4 Å². The quantitative estimate of drug-likeness (QED) is 0.572. The minimum Gasteiger partial charge on any atom is -0.496 e. The smallest absolute Gasteiger partial charge is 0.127 e. The third-order valence-electron chi connectivity index (χ3n) is 5.70. The van der Waals surface area contributed by atoms with E-state index in [0.29, 0.717) is 0 Å². The zero-order valence-corrected chi connectivity index (χ0v) is 16.0. The maximum absolute atomic E-state index is 5.53. The van der Waals surface area contributed by atoms with Crippen LogP contribution in [0.3, 0.4) is 0 Å². The maximum atomic E-state index is 5.53. The molecule has 3 rings (SSSR count). The lowest BCUT2D eigenvalue weighted by Gasteiger charge is -2.37. The average molecular weight is 385 g/mol. The number of nitrogens with one attached hydrogen (secondary N) is 3. The highest BCUT2D eigenvalue weighted by Crippen LogP contribution is 2.22. The van der Waals surface area contributed by atoms with Crippen LogP contribution in [-0.4, -0.2) is 59.5 Å². The number of halogens is 1. The minimum absolute atomic E-state index is 0.899. The molecule has 128 valence electrons. The van der Waals surface area contributed by atoms with E-state index in [0.717, 1.165) is 22.8 Å². The Balaban J connectivity index is 1.52. The van der Waals surface area contributed by atoms with Crippen LogP contribution in [0.2, 0.25) is 0 Å². The Kier molecular flexibility index (Phi) is 5.96. The molecule has 23 heavy (non-hydrogen) atoms. The lowest BCUT2D eigenvalue weighted by Crippen LogP contribution is -3.29. The number of likely N-dealkylation sites (tertiary alicyclic amines) is 1. The first-order valence-corrected chi connectivity index (χ1v) is 9.77. The Morgan fingerprint density at radius 1 is 1.09 bits per heavy atom. The van der Waals surface area contributed by atoms with Crippen molar-refractivity contribution in [3.63, 3.8) is 0 Å². The molecular formula is C18H31BrN3O+3. The molecule has 0 aromatic heterocycles. The van der Waals surface area contributed by atoms with E-state index in [2.05, 4.69) is 41.2 Å². The standard InChI is InChI=1S/C18H28BrN3O/c1-20-9-11-22(12-10-20)17-5-7-21(8-6-17)14-15-13-16(19)3-4-18(15)23-2/h3-4,13,17H,5-12,14H2,1-2H3/p+3. The fraction of sp³-hybridized carbons (Fsp3) is 0.667. The molecule has 0 unspecified atom stereocenters. The number of piperazine rings is 1. The molecular weight excluding hydrogens is 354 g/mol. The van der Waals surface area contributed by atoms with Crippen molar-refractivity contribution in [2.45, 2.75) is 25.4 Å². The van der Waals surface area contributed by atoms with Gasteiger partial charge in [-0.2, -0.15) is 0 Å². The Bertz CT molecular complexity index is 509. The second kappa shape index (κ2) is 7.97. The molecule has 0 amide bonds. The molecule has 5 heteroatoms. The van der Waals surface area contributed by atoms with Gasteiger partial charge in [-0.25, -0.2) is 0 Å². The summed E-state index contributed by atoms with van der Waals surface area (Å²) in [5, 5.41) is 0. The molecule has 1 aromatic carbocycles. The van der Waals surface area contributed by atoms with Crippen LogP contribution in [0.5, 0.6) is 5.75 Å². The van der Waals surface area contributed by atoms with Gasteiger partial charge in [0.05, 0.1) is 33.3 Å². The summed E-state index contributed by atoms with van der Waals surface area (Å²) in [7, 11) is 4.10. The van der Waals surface area contributed by atoms with Crippen LogP contribution >= 0.6 is 15.9 Å². The first-order chi connectivity index (χ1) is 11.2. The van der Waals surface area contributed by atoms with Crippen molar-refractivity contribution < 1.29 is 19.4 Å². The summed E-state index contributed by atoms with van der Waals surface area (Å²) in [5.74, 6) is 1.02. The van der Waals surface area contributed by atoms with Crippen LogP contribution in [0.4, 0.5) is 0 Å². The van der Waals surface area contributed by atoms with Crippen LogP contribution in [0, 0.1) is 0 Å². The number of quaternary nitrogens is 3. The van der Waals surface area contributed by atoms with Gasteiger partial charge < -0.3 is 19.4 Å². The summed E-state index contributed by atoms with van der Waals surface area (Å²) in [4.78, 5) is 5.28. The number of ether oxygens (including phenoxy) is 1.